The van der Waals surface area contributed by atoms with Gasteiger partial charge in [-0.1, -0.05) is 36.4 Å². The van der Waals surface area contributed by atoms with Crippen molar-refractivity contribution in [2.45, 2.75) is 12.8 Å². The van der Waals surface area contributed by atoms with Crippen molar-refractivity contribution in [3.63, 3.8) is 0 Å². The van der Waals surface area contributed by atoms with E-state index >= 15 is 0 Å². The molecule has 0 atom stereocenters. The predicted octanol–water partition coefficient (Wildman–Crippen LogP) is 2.07. The highest BCUT2D eigenvalue weighted by molar-refractivity contribution is 5.89. The summed E-state index contributed by atoms with van der Waals surface area (Å²) in [6.45, 7) is 4.44. The minimum atomic E-state index is -0.232. The van der Waals surface area contributed by atoms with Gasteiger partial charge in [-0.15, -0.1) is 0 Å². The first-order valence-electron chi connectivity index (χ1n) is 10.3. The number of piperazine rings is 1. The number of hydrazine groups is 1. The van der Waals surface area contributed by atoms with E-state index in [-0.39, 0.29) is 18.2 Å². The third kappa shape index (κ3) is 4.99. The largest absolute Gasteiger partial charge is 0.369 e. The van der Waals surface area contributed by atoms with E-state index in [0.717, 1.165) is 42.6 Å². The molecule has 30 heavy (non-hydrogen) atoms. The number of anilines is 1. The van der Waals surface area contributed by atoms with Gasteiger partial charge in [-0.25, -0.2) is 0 Å². The Balaban J connectivity index is 1.15. The number of benzene rings is 2. The summed E-state index contributed by atoms with van der Waals surface area (Å²) in [4.78, 5) is 32.1. The highest BCUT2D eigenvalue weighted by Crippen LogP contribution is 2.18. The minimum Gasteiger partial charge on any atom is -0.369 e. The number of carbonyl (C=O) groups is 2. The second kappa shape index (κ2) is 9.45. The lowest BCUT2D eigenvalue weighted by Crippen LogP contribution is -2.48. The number of hydrogen-bond acceptors (Lipinski definition) is 4. The fourth-order valence-corrected chi connectivity index (χ4v) is 3.83. The SMILES string of the molecule is O=C(CCN1CCN(c2ccccc2)CC1)NNC(=O)Cc1c[nH]c2ccccc12. The number of nitrogens with zero attached hydrogens (tertiary/aromatic N) is 2. The van der Waals surface area contributed by atoms with E-state index in [1.54, 1.807) is 0 Å². The number of para-hydroxylation sites is 2. The number of H-pyrrole nitrogens is 1. The summed E-state index contributed by atoms with van der Waals surface area (Å²) in [5, 5.41) is 1.02. The van der Waals surface area contributed by atoms with Crippen LogP contribution in [-0.4, -0.2) is 54.4 Å². The maximum absolute atomic E-state index is 12.2. The molecule has 1 aliphatic rings. The normalized spacial score (nSPS) is 14.6. The summed E-state index contributed by atoms with van der Waals surface area (Å²) < 4.78 is 0. The number of fused-ring (bicyclic) bond motifs is 1. The fraction of sp³-hybridized carbons (Fsp3) is 0.304. The molecular weight excluding hydrogens is 378 g/mol. The Morgan fingerprint density at radius 3 is 2.37 bits per heavy atom. The van der Waals surface area contributed by atoms with Crippen molar-refractivity contribution < 1.29 is 9.59 Å². The van der Waals surface area contributed by atoms with E-state index in [2.05, 4.69) is 49.9 Å². The molecule has 3 aromatic rings. The Kier molecular flexibility index (Phi) is 6.29. The Morgan fingerprint density at radius 1 is 0.867 bits per heavy atom. The molecule has 3 N–H and O–H groups in total. The molecule has 2 amide bonds. The number of aromatic amines is 1. The van der Waals surface area contributed by atoms with Crippen LogP contribution in [0.4, 0.5) is 5.69 Å². The van der Waals surface area contributed by atoms with Crippen LogP contribution >= 0.6 is 0 Å². The average molecular weight is 406 g/mol. The van der Waals surface area contributed by atoms with Crippen LogP contribution in [0.15, 0.2) is 60.8 Å². The van der Waals surface area contributed by atoms with E-state index in [0.29, 0.717) is 13.0 Å². The number of hydrogen-bond donors (Lipinski definition) is 3. The van der Waals surface area contributed by atoms with Crippen LogP contribution in [0.3, 0.4) is 0 Å². The maximum Gasteiger partial charge on any atom is 0.242 e. The molecule has 1 saturated heterocycles. The second-order valence-corrected chi connectivity index (χ2v) is 7.55. The first kappa shape index (κ1) is 20.0. The van der Waals surface area contributed by atoms with Crippen molar-refractivity contribution in [2.24, 2.45) is 0 Å². The molecule has 156 valence electrons. The highest BCUT2D eigenvalue weighted by atomic mass is 16.2. The van der Waals surface area contributed by atoms with E-state index in [4.69, 9.17) is 0 Å². The van der Waals surface area contributed by atoms with Gasteiger partial charge in [0.25, 0.3) is 0 Å². The van der Waals surface area contributed by atoms with Gasteiger partial charge in [-0.05, 0) is 23.8 Å². The third-order valence-corrected chi connectivity index (χ3v) is 5.52. The first-order valence-corrected chi connectivity index (χ1v) is 10.3. The molecule has 7 heteroatoms. The van der Waals surface area contributed by atoms with Gasteiger partial charge < -0.3 is 9.88 Å². The van der Waals surface area contributed by atoms with Crippen LogP contribution in [0.25, 0.3) is 10.9 Å². The Bertz CT molecular complexity index is 993. The molecular formula is C23H27N5O2. The number of carbonyl (C=O) groups excluding carboxylic acids is 2. The van der Waals surface area contributed by atoms with Crippen LogP contribution in [0, 0.1) is 0 Å². The molecule has 0 radical (unpaired) electrons. The van der Waals surface area contributed by atoms with Crippen molar-refractivity contribution in [1.29, 1.82) is 0 Å². The van der Waals surface area contributed by atoms with Crippen LogP contribution in [0.5, 0.6) is 0 Å². The third-order valence-electron chi connectivity index (χ3n) is 5.52. The zero-order chi connectivity index (χ0) is 20.8. The van der Waals surface area contributed by atoms with Crippen molar-refractivity contribution >= 4 is 28.4 Å². The van der Waals surface area contributed by atoms with Crippen LogP contribution in [0.1, 0.15) is 12.0 Å². The molecule has 0 spiro atoms. The van der Waals surface area contributed by atoms with Crippen LogP contribution in [-0.2, 0) is 16.0 Å². The van der Waals surface area contributed by atoms with Crippen LogP contribution in [0.2, 0.25) is 0 Å². The van der Waals surface area contributed by atoms with Gasteiger partial charge in [0, 0.05) is 61.9 Å². The summed E-state index contributed by atoms with van der Waals surface area (Å²) in [5.41, 5.74) is 8.21. The molecule has 0 aliphatic carbocycles. The van der Waals surface area contributed by atoms with Gasteiger partial charge in [0.15, 0.2) is 0 Å². The highest BCUT2D eigenvalue weighted by Gasteiger charge is 2.18. The van der Waals surface area contributed by atoms with E-state index in [1.807, 2.05) is 36.5 Å². The minimum absolute atomic E-state index is 0.173. The summed E-state index contributed by atoms with van der Waals surface area (Å²) in [7, 11) is 0. The molecule has 0 saturated carbocycles. The zero-order valence-electron chi connectivity index (χ0n) is 16.9. The maximum atomic E-state index is 12.2. The van der Waals surface area contributed by atoms with Crippen LogP contribution < -0.4 is 15.8 Å². The monoisotopic (exact) mass is 405 g/mol. The quantitative estimate of drug-likeness (QED) is 0.549. The Morgan fingerprint density at radius 2 is 1.57 bits per heavy atom. The van der Waals surface area contributed by atoms with Gasteiger partial charge in [-0.2, -0.15) is 0 Å². The molecule has 2 aromatic carbocycles. The van der Waals surface area contributed by atoms with E-state index in [9.17, 15) is 9.59 Å². The fourth-order valence-electron chi connectivity index (χ4n) is 3.83. The molecule has 1 aromatic heterocycles. The molecule has 4 rings (SSSR count). The summed E-state index contributed by atoms with van der Waals surface area (Å²) in [5.74, 6) is -0.405. The lowest BCUT2D eigenvalue weighted by atomic mass is 10.1. The van der Waals surface area contributed by atoms with Gasteiger partial charge in [0.2, 0.25) is 11.8 Å². The van der Waals surface area contributed by atoms with Crippen molar-refractivity contribution in [3.05, 3.63) is 66.4 Å². The zero-order valence-corrected chi connectivity index (χ0v) is 16.9. The molecule has 1 fully saturated rings. The van der Waals surface area contributed by atoms with E-state index in [1.165, 1.54) is 5.69 Å². The van der Waals surface area contributed by atoms with Gasteiger partial charge >= 0.3 is 0 Å². The van der Waals surface area contributed by atoms with Gasteiger partial charge in [0.1, 0.15) is 0 Å². The lowest BCUT2D eigenvalue weighted by Gasteiger charge is -2.36. The number of amides is 2. The predicted molar refractivity (Wildman–Crippen MR) is 118 cm³/mol. The standard InChI is InChI=1S/C23H27N5O2/c29-22(10-11-27-12-14-28(15-13-27)19-6-2-1-3-7-19)25-26-23(30)16-18-17-24-21-9-5-4-8-20(18)21/h1-9,17,24H,10-16H2,(H,25,29)(H,26,30). The second-order valence-electron chi connectivity index (χ2n) is 7.55. The molecule has 0 unspecified atom stereocenters. The van der Waals surface area contributed by atoms with Crippen molar-refractivity contribution in [3.8, 4) is 0 Å². The smallest absolute Gasteiger partial charge is 0.242 e. The summed E-state index contributed by atoms with van der Waals surface area (Å²) >= 11 is 0. The van der Waals surface area contributed by atoms with Gasteiger partial charge in [-0.3, -0.25) is 25.3 Å². The average Bonchev–Trinajstić information content (AvgIpc) is 3.20. The summed E-state index contributed by atoms with van der Waals surface area (Å²) in [6, 6.07) is 18.2. The lowest BCUT2D eigenvalue weighted by molar-refractivity contribution is -0.128. The number of rotatable bonds is 6. The number of nitrogens with one attached hydrogen (secondary N) is 3. The van der Waals surface area contributed by atoms with E-state index < -0.39 is 0 Å². The van der Waals surface area contributed by atoms with Crippen molar-refractivity contribution in [2.75, 3.05) is 37.6 Å². The number of aromatic nitrogens is 1. The first-order chi connectivity index (χ1) is 14.7. The molecule has 2 heterocycles. The Hall–Kier alpha value is -3.32. The molecule has 7 nitrogen and oxygen atoms in total. The topological polar surface area (TPSA) is 80.5 Å². The van der Waals surface area contributed by atoms with Crippen molar-refractivity contribution in [1.82, 2.24) is 20.7 Å². The Labute approximate surface area is 176 Å². The van der Waals surface area contributed by atoms with Gasteiger partial charge in [0.05, 0.1) is 6.42 Å². The molecule has 0 bridgehead atoms. The summed E-state index contributed by atoms with van der Waals surface area (Å²) in [6.07, 6.45) is 2.41. The molecule has 1 aliphatic heterocycles.